The van der Waals surface area contributed by atoms with E-state index in [1.165, 1.54) is 0 Å². The van der Waals surface area contributed by atoms with E-state index in [-0.39, 0.29) is 12.5 Å². The first kappa shape index (κ1) is 16.0. The van der Waals surface area contributed by atoms with Crippen LogP contribution in [0.5, 0.6) is 5.75 Å². The second-order valence-corrected chi connectivity index (χ2v) is 4.93. The van der Waals surface area contributed by atoms with E-state index in [0.29, 0.717) is 18.7 Å². The van der Waals surface area contributed by atoms with Gasteiger partial charge in [-0.3, -0.25) is 9.78 Å². The number of hydrogen-bond donors (Lipinski definition) is 2. The highest BCUT2D eigenvalue weighted by Gasteiger charge is 2.14. The number of aliphatic hydroxyl groups excluding tert-OH is 1. The van der Waals surface area contributed by atoms with Crippen molar-refractivity contribution in [3.05, 3.63) is 59.9 Å². The Morgan fingerprint density at radius 1 is 1.32 bits per heavy atom. The zero-order chi connectivity index (χ0) is 15.8. The van der Waals surface area contributed by atoms with Gasteiger partial charge in [0.2, 0.25) is 0 Å². The van der Waals surface area contributed by atoms with E-state index in [0.717, 1.165) is 11.3 Å². The zero-order valence-electron chi connectivity index (χ0n) is 12.5. The van der Waals surface area contributed by atoms with E-state index in [4.69, 9.17) is 9.84 Å². The summed E-state index contributed by atoms with van der Waals surface area (Å²) in [6, 6.07) is 12.8. The molecule has 2 N–H and O–H groups in total. The van der Waals surface area contributed by atoms with Crippen molar-refractivity contribution in [2.24, 2.45) is 0 Å². The van der Waals surface area contributed by atoms with Gasteiger partial charge in [0.15, 0.2) is 6.10 Å². The lowest BCUT2D eigenvalue weighted by Gasteiger charge is -2.15. The van der Waals surface area contributed by atoms with Crippen molar-refractivity contribution in [3.63, 3.8) is 0 Å². The average Bonchev–Trinajstić information content (AvgIpc) is 2.56. The van der Waals surface area contributed by atoms with Crippen molar-refractivity contribution in [1.29, 1.82) is 0 Å². The maximum absolute atomic E-state index is 12.0. The van der Waals surface area contributed by atoms with Crippen LogP contribution in [0.2, 0.25) is 0 Å². The standard InChI is InChI=1S/C17H20N2O3/c1-13(22-16-7-4-5-14(11-16)12-20)17(21)19-10-8-15-6-2-3-9-18-15/h2-7,9,11,13,20H,8,10,12H2,1H3,(H,19,21). The van der Waals surface area contributed by atoms with Crippen molar-refractivity contribution in [2.75, 3.05) is 6.54 Å². The molecule has 22 heavy (non-hydrogen) atoms. The number of benzene rings is 1. The normalized spacial score (nSPS) is 11.7. The molecule has 0 fully saturated rings. The fourth-order valence-electron chi connectivity index (χ4n) is 1.98. The number of rotatable bonds is 7. The molecule has 0 saturated carbocycles. The molecule has 5 heteroatoms. The van der Waals surface area contributed by atoms with Gasteiger partial charge in [0.1, 0.15) is 5.75 Å². The number of amides is 1. The molecular weight excluding hydrogens is 280 g/mol. The van der Waals surface area contributed by atoms with Crippen molar-refractivity contribution in [3.8, 4) is 5.75 Å². The van der Waals surface area contributed by atoms with Gasteiger partial charge < -0.3 is 15.2 Å². The molecule has 1 heterocycles. The Bertz CT molecular complexity index is 602. The number of hydrogen-bond acceptors (Lipinski definition) is 4. The SMILES string of the molecule is CC(Oc1cccc(CO)c1)C(=O)NCCc1ccccn1. The molecule has 0 radical (unpaired) electrons. The average molecular weight is 300 g/mol. The summed E-state index contributed by atoms with van der Waals surface area (Å²) in [6.07, 6.45) is 1.81. The molecule has 1 unspecified atom stereocenters. The van der Waals surface area contributed by atoms with Gasteiger partial charge in [-0.1, -0.05) is 18.2 Å². The minimum atomic E-state index is -0.599. The maximum Gasteiger partial charge on any atom is 0.260 e. The molecule has 1 aromatic carbocycles. The van der Waals surface area contributed by atoms with Gasteiger partial charge in [-0.25, -0.2) is 0 Å². The predicted octanol–water partition coefficient (Wildman–Crippen LogP) is 1.70. The number of aliphatic hydroxyl groups is 1. The van der Waals surface area contributed by atoms with E-state index < -0.39 is 6.10 Å². The van der Waals surface area contributed by atoms with Crippen molar-refractivity contribution < 1.29 is 14.6 Å². The van der Waals surface area contributed by atoms with E-state index in [9.17, 15) is 4.79 Å². The van der Waals surface area contributed by atoms with Crippen LogP contribution in [0, 0.1) is 0 Å². The smallest absolute Gasteiger partial charge is 0.260 e. The highest BCUT2D eigenvalue weighted by atomic mass is 16.5. The number of pyridine rings is 1. The maximum atomic E-state index is 12.0. The Labute approximate surface area is 130 Å². The van der Waals surface area contributed by atoms with Gasteiger partial charge >= 0.3 is 0 Å². The third-order valence-corrected chi connectivity index (χ3v) is 3.17. The van der Waals surface area contributed by atoms with E-state index in [1.807, 2.05) is 18.2 Å². The fraction of sp³-hybridized carbons (Fsp3) is 0.294. The summed E-state index contributed by atoms with van der Waals surface area (Å²) in [5.41, 5.74) is 1.69. The summed E-state index contributed by atoms with van der Waals surface area (Å²) < 4.78 is 5.58. The Morgan fingerprint density at radius 3 is 2.91 bits per heavy atom. The van der Waals surface area contributed by atoms with Crippen LogP contribution in [0.25, 0.3) is 0 Å². The molecule has 0 aliphatic heterocycles. The summed E-state index contributed by atoms with van der Waals surface area (Å²) in [6.45, 7) is 2.16. The van der Waals surface area contributed by atoms with Crippen LogP contribution in [-0.4, -0.2) is 28.6 Å². The largest absolute Gasteiger partial charge is 0.481 e. The van der Waals surface area contributed by atoms with Gasteiger partial charge in [0, 0.05) is 24.9 Å². The number of ether oxygens (including phenoxy) is 1. The first-order valence-electron chi connectivity index (χ1n) is 7.23. The van der Waals surface area contributed by atoms with Crippen LogP contribution < -0.4 is 10.1 Å². The molecule has 5 nitrogen and oxygen atoms in total. The molecule has 1 aromatic heterocycles. The Morgan fingerprint density at radius 2 is 2.18 bits per heavy atom. The number of aromatic nitrogens is 1. The lowest BCUT2D eigenvalue weighted by atomic mass is 10.2. The summed E-state index contributed by atoms with van der Waals surface area (Å²) in [7, 11) is 0. The van der Waals surface area contributed by atoms with Crippen molar-refractivity contribution in [1.82, 2.24) is 10.3 Å². The molecule has 0 spiro atoms. The minimum Gasteiger partial charge on any atom is -0.481 e. The molecule has 0 aliphatic carbocycles. The second-order valence-electron chi connectivity index (χ2n) is 4.93. The van der Waals surface area contributed by atoms with Gasteiger partial charge in [-0.2, -0.15) is 0 Å². The van der Waals surface area contributed by atoms with Crippen molar-refractivity contribution >= 4 is 5.91 Å². The van der Waals surface area contributed by atoms with Crippen molar-refractivity contribution in [2.45, 2.75) is 26.1 Å². The highest BCUT2D eigenvalue weighted by molar-refractivity contribution is 5.80. The molecule has 2 aromatic rings. The molecule has 1 atom stereocenters. The Balaban J connectivity index is 1.79. The number of carbonyl (C=O) groups is 1. The third kappa shape index (κ3) is 4.86. The summed E-state index contributed by atoms with van der Waals surface area (Å²) in [5, 5.41) is 11.9. The minimum absolute atomic E-state index is 0.0537. The van der Waals surface area contributed by atoms with Crippen LogP contribution in [0.15, 0.2) is 48.7 Å². The number of nitrogens with zero attached hydrogens (tertiary/aromatic N) is 1. The van der Waals surface area contributed by atoms with Gasteiger partial charge in [-0.15, -0.1) is 0 Å². The van der Waals surface area contributed by atoms with E-state index in [2.05, 4.69) is 10.3 Å². The molecule has 0 bridgehead atoms. The Hall–Kier alpha value is -2.40. The van der Waals surface area contributed by atoms with Crippen LogP contribution >= 0.6 is 0 Å². The van der Waals surface area contributed by atoms with Crippen LogP contribution in [-0.2, 0) is 17.8 Å². The lowest BCUT2D eigenvalue weighted by Crippen LogP contribution is -2.37. The van der Waals surface area contributed by atoms with Crippen LogP contribution in [0.4, 0.5) is 0 Å². The third-order valence-electron chi connectivity index (χ3n) is 3.17. The first-order valence-corrected chi connectivity index (χ1v) is 7.23. The second kappa shape index (κ2) is 8.14. The molecule has 1 amide bonds. The summed E-state index contributed by atoms with van der Waals surface area (Å²) in [5.74, 6) is 0.393. The first-order chi connectivity index (χ1) is 10.7. The summed E-state index contributed by atoms with van der Waals surface area (Å²) >= 11 is 0. The van der Waals surface area contributed by atoms with Crippen LogP contribution in [0.1, 0.15) is 18.2 Å². The summed E-state index contributed by atoms with van der Waals surface area (Å²) in [4.78, 5) is 16.2. The highest BCUT2D eigenvalue weighted by Crippen LogP contribution is 2.15. The van der Waals surface area contributed by atoms with E-state index >= 15 is 0 Å². The molecule has 0 saturated heterocycles. The Kier molecular flexibility index (Phi) is 5.91. The fourth-order valence-corrected chi connectivity index (χ4v) is 1.98. The molecule has 0 aliphatic rings. The lowest BCUT2D eigenvalue weighted by molar-refractivity contribution is -0.127. The zero-order valence-corrected chi connectivity index (χ0v) is 12.5. The topological polar surface area (TPSA) is 71.5 Å². The predicted molar refractivity (Wildman–Crippen MR) is 83.4 cm³/mol. The van der Waals surface area contributed by atoms with Gasteiger partial charge in [0.25, 0.3) is 5.91 Å². The number of nitrogens with one attached hydrogen (secondary N) is 1. The quantitative estimate of drug-likeness (QED) is 0.816. The molecular formula is C17H20N2O3. The molecule has 116 valence electrons. The van der Waals surface area contributed by atoms with Crippen LogP contribution in [0.3, 0.4) is 0 Å². The van der Waals surface area contributed by atoms with Gasteiger partial charge in [-0.05, 0) is 36.8 Å². The number of carbonyl (C=O) groups excluding carboxylic acids is 1. The van der Waals surface area contributed by atoms with E-state index in [1.54, 1.807) is 37.4 Å². The monoisotopic (exact) mass is 300 g/mol. The molecule has 2 rings (SSSR count). The van der Waals surface area contributed by atoms with Gasteiger partial charge in [0.05, 0.1) is 6.61 Å².